The predicted molar refractivity (Wildman–Crippen MR) is 74.6 cm³/mol. The molecule has 2 rings (SSSR count). The minimum atomic E-state index is -1.07. The topological polar surface area (TPSA) is 69.5 Å². The Labute approximate surface area is 119 Å². The van der Waals surface area contributed by atoms with Gasteiger partial charge in [0.15, 0.2) is 0 Å². The maximum Gasteiger partial charge on any atom is 0.381 e. The van der Waals surface area contributed by atoms with Crippen molar-refractivity contribution in [2.24, 2.45) is 15.7 Å². The Hall–Kier alpha value is -1.43. The summed E-state index contributed by atoms with van der Waals surface area (Å²) in [7, 11) is 0. The minimum Gasteiger partial charge on any atom is -0.381 e. The molecule has 6 heteroatoms. The van der Waals surface area contributed by atoms with E-state index < -0.39 is 11.6 Å². The smallest absolute Gasteiger partial charge is 0.381 e. The lowest BCUT2D eigenvalue weighted by Crippen LogP contribution is -2.38. The van der Waals surface area contributed by atoms with Crippen molar-refractivity contribution in [3.8, 4) is 0 Å². The first-order chi connectivity index (χ1) is 9.31. The number of carbonyl (C=O) groups excluding carboxylic acids is 1. The van der Waals surface area contributed by atoms with Gasteiger partial charge in [0.2, 0.25) is 5.60 Å². The average molecular weight is 282 g/mol. The molecular weight excluding hydrogens is 260 g/mol. The number of rotatable bonds is 2. The molecule has 0 N–H and O–H groups in total. The normalized spacial score (nSPS) is 26.8. The van der Waals surface area contributed by atoms with E-state index in [0.29, 0.717) is 32.5 Å². The molecule has 112 valence electrons. The lowest BCUT2D eigenvalue weighted by Gasteiger charge is -2.20. The van der Waals surface area contributed by atoms with Crippen LogP contribution in [0.4, 0.5) is 0 Å². The third-order valence-electron chi connectivity index (χ3n) is 3.49. The summed E-state index contributed by atoms with van der Waals surface area (Å²) in [5, 5.41) is 7.94. The molecule has 0 spiro atoms. The van der Waals surface area contributed by atoms with Crippen molar-refractivity contribution in [2.75, 3.05) is 13.2 Å². The second-order valence-electron chi connectivity index (χ2n) is 6.44. The molecule has 1 atom stereocenters. The van der Waals surface area contributed by atoms with Gasteiger partial charge < -0.3 is 14.4 Å². The quantitative estimate of drug-likeness (QED) is 0.575. The van der Waals surface area contributed by atoms with Crippen molar-refractivity contribution < 1.29 is 19.2 Å². The highest BCUT2D eigenvalue weighted by Gasteiger charge is 2.46. The highest BCUT2D eigenvalue weighted by molar-refractivity contribution is 5.96. The molecule has 1 unspecified atom stereocenters. The molecule has 1 saturated heterocycles. The van der Waals surface area contributed by atoms with E-state index in [4.69, 9.17) is 14.4 Å². The molecule has 0 saturated carbocycles. The van der Waals surface area contributed by atoms with E-state index in [1.807, 2.05) is 20.8 Å². The van der Waals surface area contributed by atoms with Crippen molar-refractivity contribution in [3.63, 3.8) is 0 Å². The van der Waals surface area contributed by atoms with Crippen LogP contribution in [0.2, 0.25) is 0 Å². The van der Waals surface area contributed by atoms with E-state index in [-0.39, 0.29) is 5.41 Å². The Morgan fingerprint density at radius 2 is 2.00 bits per heavy atom. The summed E-state index contributed by atoms with van der Waals surface area (Å²) in [5.41, 5.74) is 0.515. The van der Waals surface area contributed by atoms with Gasteiger partial charge >= 0.3 is 5.97 Å². The summed E-state index contributed by atoms with van der Waals surface area (Å²) in [6.07, 6.45) is 1.84. The Morgan fingerprint density at radius 3 is 2.55 bits per heavy atom. The Kier molecular flexibility index (Phi) is 4.13. The second-order valence-corrected chi connectivity index (χ2v) is 6.44. The fourth-order valence-electron chi connectivity index (χ4n) is 1.95. The molecular formula is C14H22N2O4. The van der Waals surface area contributed by atoms with Gasteiger partial charge in [-0.15, -0.1) is 0 Å². The van der Waals surface area contributed by atoms with Gasteiger partial charge in [0, 0.05) is 24.7 Å². The molecule has 1 fully saturated rings. The molecule has 0 aliphatic carbocycles. The van der Waals surface area contributed by atoms with E-state index in [9.17, 15) is 4.79 Å². The van der Waals surface area contributed by atoms with Crippen molar-refractivity contribution in [1.29, 1.82) is 0 Å². The Balaban J connectivity index is 1.93. The summed E-state index contributed by atoms with van der Waals surface area (Å²) in [6.45, 7) is 9.04. The van der Waals surface area contributed by atoms with E-state index >= 15 is 0 Å². The monoisotopic (exact) mass is 282 g/mol. The van der Waals surface area contributed by atoms with E-state index in [1.165, 1.54) is 0 Å². The standard InChI is InChI=1S/C14H22N2O4/c1-13(2,3)11-9-14(4,20-16-11)12(17)19-15-10-5-7-18-8-6-10/h5-9H2,1-4H3. The maximum atomic E-state index is 12.1. The van der Waals surface area contributed by atoms with Gasteiger partial charge in [-0.3, -0.25) is 0 Å². The van der Waals surface area contributed by atoms with Crippen molar-refractivity contribution >= 4 is 17.4 Å². The second kappa shape index (κ2) is 5.52. The largest absolute Gasteiger partial charge is 0.381 e. The van der Waals surface area contributed by atoms with Gasteiger partial charge in [0.05, 0.1) is 24.6 Å². The molecule has 2 aliphatic rings. The van der Waals surface area contributed by atoms with Crippen molar-refractivity contribution in [2.45, 2.75) is 52.6 Å². The summed E-state index contributed by atoms with van der Waals surface area (Å²) in [6, 6.07) is 0. The average Bonchev–Trinajstić information content (AvgIpc) is 2.81. The van der Waals surface area contributed by atoms with Crippen LogP contribution >= 0.6 is 0 Å². The van der Waals surface area contributed by atoms with Crippen LogP contribution in [0.5, 0.6) is 0 Å². The first kappa shape index (κ1) is 15.0. The van der Waals surface area contributed by atoms with Gasteiger partial charge in [-0.05, 0) is 6.92 Å². The van der Waals surface area contributed by atoms with Crippen LogP contribution in [0.3, 0.4) is 0 Å². The Bertz CT molecular complexity index is 443. The lowest BCUT2D eigenvalue weighted by atomic mass is 9.84. The van der Waals surface area contributed by atoms with Crippen LogP contribution < -0.4 is 0 Å². The van der Waals surface area contributed by atoms with Crippen LogP contribution in [-0.4, -0.2) is 36.2 Å². The number of oxime groups is 2. The first-order valence-electron chi connectivity index (χ1n) is 6.92. The van der Waals surface area contributed by atoms with E-state index in [1.54, 1.807) is 6.92 Å². The van der Waals surface area contributed by atoms with Crippen molar-refractivity contribution in [1.82, 2.24) is 0 Å². The van der Waals surface area contributed by atoms with Gasteiger partial charge in [0.1, 0.15) is 0 Å². The highest BCUT2D eigenvalue weighted by Crippen LogP contribution is 2.32. The molecule has 0 radical (unpaired) electrons. The summed E-state index contributed by atoms with van der Waals surface area (Å²) in [5.74, 6) is -0.500. The van der Waals surface area contributed by atoms with E-state index in [0.717, 1.165) is 11.4 Å². The van der Waals surface area contributed by atoms with Crippen LogP contribution in [0.15, 0.2) is 10.3 Å². The van der Waals surface area contributed by atoms with Crippen LogP contribution in [-0.2, 0) is 19.2 Å². The Morgan fingerprint density at radius 1 is 1.35 bits per heavy atom. The fraction of sp³-hybridized carbons (Fsp3) is 0.786. The SMILES string of the molecule is CC(C)(C)C1=NOC(C)(C(=O)ON=C2CCOCC2)C1. The molecule has 0 bridgehead atoms. The molecule has 20 heavy (non-hydrogen) atoms. The fourth-order valence-corrected chi connectivity index (χ4v) is 1.95. The summed E-state index contributed by atoms with van der Waals surface area (Å²) < 4.78 is 5.21. The van der Waals surface area contributed by atoms with Gasteiger partial charge in [0.25, 0.3) is 0 Å². The molecule has 0 aromatic rings. The first-order valence-corrected chi connectivity index (χ1v) is 6.92. The lowest BCUT2D eigenvalue weighted by molar-refractivity contribution is -0.167. The number of hydrogen-bond acceptors (Lipinski definition) is 6. The molecule has 0 amide bonds. The molecule has 2 aliphatic heterocycles. The molecule has 0 aromatic carbocycles. The molecule has 6 nitrogen and oxygen atoms in total. The molecule has 2 heterocycles. The van der Waals surface area contributed by atoms with Crippen LogP contribution in [0, 0.1) is 5.41 Å². The van der Waals surface area contributed by atoms with Crippen molar-refractivity contribution in [3.05, 3.63) is 0 Å². The molecule has 0 aromatic heterocycles. The minimum absolute atomic E-state index is 0.120. The third kappa shape index (κ3) is 3.36. The van der Waals surface area contributed by atoms with E-state index in [2.05, 4.69) is 10.3 Å². The zero-order chi connectivity index (χ0) is 14.8. The van der Waals surface area contributed by atoms with Gasteiger partial charge in [-0.25, -0.2) is 4.79 Å². The number of hydrogen-bond donors (Lipinski definition) is 0. The highest BCUT2D eigenvalue weighted by atomic mass is 16.7. The number of ether oxygens (including phenoxy) is 1. The van der Waals surface area contributed by atoms with Crippen LogP contribution in [0.25, 0.3) is 0 Å². The number of carbonyl (C=O) groups is 1. The zero-order valence-corrected chi connectivity index (χ0v) is 12.6. The number of nitrogens with zero attached hydrogens (tertiary/aromatic N) is 2. The predicted octanol–water partition coefficient (Wildman–Crippen LogP) is 2.28. The summed E-state index contributed by atoms with van der Waals surface area (Å²) >= 11 is 0. The zero-order valence-electron chi connectivity index (χ0n) is 12.6. The van der Waals surface area contributed by atoms with Gasteiger partial charge in [-0.1, -0.05) is 31.1 Å². The van der Waals surface area contributed by atoms with Gasteiger partial charge in [-0.2, -0.15) is 0 Å². The maximum absolute atomic E-state index is 12.1. The summed E-state index contributed by atoms with van der Waals surface area (Å²) in [4.78, 5) is 22.4. The van der Waals surface area contributed by atoms with Crippen LogP contribution in [0.1, 0.15) is 47.0 Å². The third-order valence-corrected chi connectivity index (χ3v) is 3.49.